The third-order valence-electron chi connectivity index (χ3n) is 3.63. The van der Waals surface area contributed by atoms with Gasteiger partial charge in [-0.05, 0) is 43.1 Å². The molecule has 0 heterocycles. The maximum absolute atomic E-state index is 9.10. The first-order chi connectivity index (χ1) is 12.9. The predicted molar refractivity (Wildman–Crippen MR) is 101 cm³/mol. The van der Waals surface area contributed by atoms with Crippen LogP contribution in [0.2, 0.25) is 0 Å². The number of hydrogen-bond acceptors (Lipinski definition) is 5. The molecule has 3 N–H and O–H groups in total. The Hall–Kier alpha value is -3.06. The van der Waals surface area contributed by atoms with E-state index in [-0.39, 0.29) is 0 Å². The van der Waals surface area contributed by atoms with E-state index in [1.165, 1.54) is 16.7 Å². The maximum Gasteiger partial charge on any atom is 0.414 e. The smallest absolute Gasteiger partial charge is 0.414 e. The number of ether oxygens (including phenoxy) is 2. The summed E-state index contributed by atoms with van der Waals surface area (Å²) < 4.78 is 10.6. The van der Waals surface area contributed by atoms with Crippen molar-refractivity contribution in [2.45, 2.75) is 19.9 Å². The molecule has 7 nitrogen and oxygen atoms in total. The van der Waals surface area contributed by atoms with Crippen molar-refractivity contribution in [3.63, 3.8) is 0 Å². The fraction of sp³-hybridized carbons (Fsp3) is 0.300. The molecule has 0 saturated heterocycles. The van der Waals surface area contributed by atoms with E-state index >= 15 is 0 Å². The van der Waals surface area contributed by atoms with Crippen LogP contribution in [0.5, 0.6) is 11.5 Å². The van der Waals surface area contributed by atoms with Crippen LogP contribution < -0.4 is 14.8 Å². The highest BCUT2D eigenvalue weighted by atomic mass is 16.5. The zero-order valence-corrected chi connectivity index (χ0v) is 15.7. The monoisotopic (exact) mass is 375 g/mol. The van der Waals surface area contributed by atoms with Gasteiger partial charge in [-0.25, -0.2) is 9.59 Å². The lowest BCUT2D eigenvalue weighted by atomic mass is 10.1. The molecule has 0 unspecified atom stereocenters. The van der Waals surface area contributed by atoms with Crippen molar-refractivity contribution in [3.05, 3.63) is 59.2 Å². The molecule has 0 aliphatic carbocycles. The molecule has 27 heavy (non-hydrogen) atoms. The first-order valence-corrected chi connectivity index (χ1v) is 8.30. The van der Waals surface area contributed by atoms with Crippen LogP contribution in [0.25, 0.3) is 0 Å². The number of hydrogen-bond donors (Lipinski definition) is 3. The Bertz CT molecular complexity index is 748. The van der Waals surface area contributed by atoms with E-state index in [0.717, 1.165) is 31.0 Å². The second kappa shape index (κ2) is 11.5. The highest BCUT2D eigenvalue weighted by Crippen LogP contribution is 2.27. The third kappa shape index (κ3) is 8.24. The Morgan fingerprint density at radius 3 is 2.15 bits per heavy atom. The zero-order valence-electron chi connectivity index (χ0n) is 15.7. The summed E-state index contributed by atoms with van der Waals surface area (Å²) in [5.74, 6) is -2.09. The van der Waals surface area contributed by atoms with Crippen LogP contribution in [0.3, 0.4) is 0 Å². The van der Waals surface area contributed by atoms with E-state index in [1.807, 2.05) is 12.1 Å². The van der Waals surface area contributed by atoms with Crippen molar-refractivity contribution >= 4 is 11.9 Å². The molecule has 0 aromatic heterocycles. The molecule has 0 bridgehead atoms. The van der Waals surface area contributed by atoms with E-state index in [4.69, 9.17) is 29.3 Å². The Labute approximate surface area is 158 Å². The molecule has 0 spiro atoms. The number of methoxy groups -OCH3 is 2. The lowest BCUT2D eigenvalue weighted by Crippen LogP contribution is -2.16. The molecule has 0 radical (unpaired) electrons. The molecular weight excluding hydrogens is 350 g/mol. The molecule has 0 aliphatic rings. The van der Waals surface area contributed by atoms with Gasteiger partial charge in [0.1, 0.15) is 0 Å². The number of benzene rings is 2. The average molecular weight is 375 g/mol. The van der Waals surface area contributed by atoms with Crippen LogP contribution >= 0.6 is 0 Å². The Balaban J connectivity index is 0.000000527. The molecule has 2 rings (SSSR count). The predicted octanol–water partition coefficient (Wildman–Crippen LogP) is 2.50. The summed E-state index contributed by atoms with van der Waals surface area (Å²) in [7, 11) is 3.32. The third-order valence-corrected chi connectivity index (χ3v) is 3.63. The van der Waals surface area contributed by atoms with Gasteiger partial charge in [0.2, 0.25) is 0 Å². The fourth-order valence-electron chi connectivity index (χ4n) is 2.32. The van der Waals surface area contributed by atoms with E-state index in [1.54, 1.807) is 14.2 Å². The summed E-state index contributed by atoms with van der Waals surface area (Å²) in [6, 6.07) is 14.6. The van der Waals surface area contributed by atoms with Crippen LogP contribution in [0.15, 0.2) is 42.5 Å². The number of aryl methyl sites for hydroxylation is 1. The van der Waals surface area contributed by atoms with Crippen molar-refractivity contribution in [2.75, 3.05) is 20.8 Å². The molecule has 2 aromatic carbocycles. The summed E-state index contributed by atoms with van der Waals surface area (Å²) in [5.41, 5.74) is 3.86. The molecule has 0 atom stereocenters. The maximum atomic E-state index is 9.10. The summed E-state index contributed by atoms with van der Waals surface area (Å²) in [5, 5.41) is 18.3. The number of rotatable bonds is 7. The molecule has 0 aliphatic heterocycles. The standard InChI is InChI=1S/C18H23NO2.C2H2O4/c1-14-5-4-6-16(11-14)13-19-10-9-15-7-8-17(20-2)18(12-15)21-3;3-1(4)2(5)6/h4-8,11-12,19H,9-10,13H2,1-3H3;(H,3,4)(H,5,6). The number of aliphatic carboxylic acids is 2. The van der Waals surface area contributed by atoms with Crippen molar-refractivity contribution in [3.8, 4) is 11.5 Å². The second-order valence-electron chi connectivity index (χ2n) is 5.72. The highest BCUT2D eigenvalue weighted by molar-refractivity contribution is 6.27. The molecule has 2 aromatic rings. The quantitative estimate of drug-likeness (QED) is 0.504. The largest absolute Gasteiger partial charge is 0.493 e. The van der Waals surface area contributed by atoms with E-state index in [2.05, 4.69) is 42.6 Å². The Morgan fingerprint density at radius 2 is 1.59 bits per heavy atom. The number of carboxylic acid groups (broad SMARTS) is 2. The SMILES string of the molecule is COc1ccc(CCNCc2cccc(C)c2)cc1OC.O=C(O)C(=O)O. The van der Waals surface area contributed by atoms with Gasteiger partial charge in [0.15, 0.2) is 11.5 Å². The summed E-state index contributed by atoms with van der Waals surface area (Å²) in [4.78, 5) is 18.2. The summed E-state index contributed by atoms with van der Waals surface area (Å²) in [6.45, 7) is 3.95. The number of carbonyl (C=O) groups is 2. The van der Waals surface area contributed by atoms with Gasteiger partial charge in [0.25, 0.3) is 0 Å². The molecule has 146 valence electrons. The first-order valence-electron chi connectivity index (χ1n) is 8.30. The van der Waals surface area contributed by atoms with Crippen LogP contribution in [0, 0.1) is 6.92 Å². The van der Waals surface area contributed by atoms with Gasteiger partial charge in [-0.15, -0.1) is 0 Å². The minimum atomic E-state index is -1.82. The highest BCUT2D eigenvalue weighted by Gasteiger charge is 2.04. The van der Waals surface area contributed by atoms with Gasteiger partial charge < -0.3 is 25.0 Å². The van der Waals surface area contributed by atoms with Gasteiger partial charge in [-0.1, -0.05) is 35.9 Å². The zero-order chi connectivity index (χ0) is 20.2. The normalized spacial score (nSPS) is 9.74. The molecule has 0 saturated carbocycles. The van der Waals surface area contributed by atoms with E-state index < -0.39 is 11.9 Å². The molecule has 0 amide bonds. The van der Waals surface area contributed by atoms with Gasteiger partial charge >= 0.3 is 11.9 Å². The minimum Gasteiger partial charge on any atom is -0.493 e. The van der Waals surface area contributed by atoms with Crippen molar-refractivity contribution in [2.24, 2.45) is 0 Å². The Morgan fingerprint density at radius 1 is 0.926 bits per heavy atom. The molecule has 0 fully saturated rings. The second-order valence-corrected chi connectivity index (χ2v) is 5.72. The number of carboxylic acids is 2. The van der Waals surface area contributed by atoms with Crippen LogP contribution in [0.4, 0.5) is 0 Å². The first kappa shape index (κ1) is 22.0. The fourth-order valence-corrected chi connectivity index (χ4v) is 2.32. The lowest BCUT2D eigenvalue weighted by Gasteiger charge is -2.10. The lowest BCUT2D eigenvalue weighted by molar-refractivity contribution is -0.159. The van der Waals surface area contributed by atoms with Gasteiger partial charge in [0, 0.05) is 6.54 Å². The van der Waals surface area contributed by atoms with Gasteiger partial charge in [-0.3, -0.25) is 0 Å². The van der Waals surface area contributed by atoms with Crippen LogP contribution in [-0.2, 0) is 22.6 Å². The molecular formula is C20H25NO6. The topological polar surface area (TPSA) is 105 Å². The van der Waals surface area contributed by atoms with E-state index in [9.17, 15) is 0 Å². The molecule has 7 heteroatoms. The van der Waals surface area contributed by atoms with Crippen molar-refractivity contribution in [1.82, 2.24) is 5.32 Å². The summed E-state index contributed by atoms with van der Waals surface area (Å²) in [6.07, 6.45) is 0.964. The Kier molecular flexibility index (Phi) is 9.39. The van der Waals surface area contributed by atoms with Gasteiger partial charge in [-0.2, -0.15) is 0 Å². The van der Waals surface area contributed by atoms with Crippen LogP contribution in [-0.4, -0.2) is 42.9 Å². The van der Waals surface area contributed by atoms with Crippen molar-refractivity contribution < 1.29 is 29.3 Å². The average Bonchev–Trinajstić information content (AvgIpc) is 2.65. The number of nitrogens with one attached hydrogen (secondary N) is 1. The van der Waals surface area contributed by atoms with Gasteiger partial charge in [0.05, 0.1) is 14.2 Å². The van der Waals surface area contributed by atoms with E-state index in [0.29, 0.717) is 0 Å². The minimum absolute atomic E-state index is 0.772. The summed E-state index contributed by atoms with van der Waals surface area (Å²) >= 11 is 0. The van der Waals surface area contributed by atoms with Crippen LogP contribution in [0.1, 0.15) is 16.7 Å². The van der Waals surface area contributed by atoms with Crippen molar-refractivity contribution in [1.29, 1.82) is 0 Å².